The first-order chi connectivity index (χ1) is 13.6. The summed E-state index contributed by atoms with van der Waals surface area (Å²) < 4.78 is 0. The summed E-state index contributed by atoms with van der Waals surface area (Å²) in [6, 6.07) is 9.21. The molecular weight excluding hydrogens is 475 g/mol. The van der Waals surface area contributed by atoms with E-state index in [0.717, 1.165) is 51.8 Å². The van der Waals surface area contributed by atoms with E-state index in [1.54, 1.807) is 0 Å². The van der Waals surface area contributed by atoms with Gasteiger partial charge in [0.15, 0.2) is 5.96 Å². The Balaban J connectivity index is 0.00000420. The molecule has 166 valence electrons. The Morgan fingerprint density at radius 2 is 1.90 bits per heavy atom. The van der Waals surface area contributed by atoms with Crippen molar-refractivity contribution in [1.29, 1.82) is 0 Å². The summed E-state index contributed by atoms with van der Waals surface area (Å²) in [7, 11) is 1.85. The first-order valence-corrected chi connectivity index (χ1v) is 10.8. The average molecular weight is 517 g/mol. The van der Waals surface area contributed by atoms with Crippen molar-refractivity contribution in [3.05, 3.63) is 29.8 Å². The Morgan fingerprint density at radius 1 is 1.17 bits per heavy atom. The number of rotatable bonds is 9. The van der Waals surface area contributed by atoms with E-state index in [1.807, 2.05) is 7.05 Å². The molecule has 0 radical (unpaired) electrons. The van der Waals surface area contributed by atoms with Gasteiger partial charge >= 0.3 is 0 Å². The van der Waals surface area contributed by atoms with Gasteiger partial charge in [-0.05, 0) is 45.0 Å². The third-order valence-corrected chi connectivity index (χ3v) is 5.69. The van der Waals surface area contributed by atoms with Crippen LogP contribution < -0.4 is 15.5 Å². The number of halogens is 1. The maximum atomic E-state index is 4.39. The molecule has 1 saturated heterocycles. The zero-order valence-electron chi connectivity index (χ0n) is 18.9. The lowest BCUT2D eigenvalue weighted by Crippen LogP contribution is -2.53. The summed E-state index contributed by atoms with van der Waals surface area (Å²) in [6.45, 7) is 18.5. The molecule has 29 heavy (non-hydrogen) atoms. The van der Waals surface area contributed by atoms with E-state index in [4.69, 9.17) is 0 Å². The monoisotopic (exact) mass is 516 g/mol. The standard InChI is InChI=1S/C22H40N6.HI/c1-6-26-13-15-28(16-14-26)20(4)18-25-22(23-5)24-11-12-27(7-2)21-10-8-9-19(3)17-21;/h8-10,17,20H,6-7,11-16,18H2,1-5H3,(H2,23,24,25);1H. The van der Waals surface area contributed by atoms with E-state index in [2.05, 4.69) is 82.3 Å². The van der Waals surface area contributed by atoms with E-state index in [1.165, 1.54) is 24.3 Å². The predicted octanol–water partition coefficient (Wildman–Crippen LogP) is 2.63. The number of hydrogen-bond acceptors (Lipinski definition) is 4. The number of guanidine groups is 1. The quantitative estimate of drug-likeness (QED) is 0.300. The lowest BCUT2D eigenvalue weighted by molar-refractivity contribution is 0.107. The fourth-order valence-corrected chi connectivity index (χ4v) is 3.72. The number of hydrogen-bond donors (Lipinski definition) is 2. The van der Waals surface area contributed by atoms with Crippen molar-refractivity contribution in [1.82, 2.24) is 20.4 Å². The maximum absolute atomic E-state index is 4.39. The summed E-state index contributed by atoms with van der Waals surface area (Å²) in [6.07, 6.45) is 0. The second-order valence-electron chi connectivity index (χ2n) is 7.62. The number of nitrogens with one attached hydrogen (secondary N) is 2. The van der Waals surface area contributed by atoms with Crippen molar-refractivity contribution in [3.63, 3.8) is 0 Å². The first kappa shape index (κ1) is 26.0. The number of anilines is 1. The molecule has 0 aliphatic carbocycles. The van der Waals surface area contributed by atoms with Gasteiger partial charge in [-0.25, -0.2) is 0 Å². The second-order valence-corrected chi connectivity index (χ2v) is 7.62. The molecule has 1 atom stereocenters. The van der Waals surface area contributed by atoms with E-state index in [-0.39, 0.29) is 24.0 Å². The maximum Gasteiger partial charge on any atom is 0.191 e. The van der Waals surface area contributed by atoms with Crippen LogP contribution in [0.5, 0.6) is 0 Å². The molecule has 0 amide bonds. The molecule has 1 fully saturated rings. The van der Waals surface area contributed by atoms with Crippen molar-refractivity contribution in [2.75, 3.05) is 70.9 Å². The van der Waals surface area contributed by atoms with Gasteiger partial charge in [-0.3, -0.25) is 9.89 Å². The Labute approximate surface area is 195 Å². The highest BCUT2D eigenvalue weighted by molar-refractivity contribution is 14.0. The van der Waals surface area contributed by atoms with E-state index in [9.17, 15) is 0 Å². The molecule has 0 bridgehead atoms. The average Bonchev–Trinajstić information content (AvgIpc) is 2.73. The molecule has 1 heterocycles. The van der Waals surface area contributed by atoms with Gasteiger partial charge < -0.3 is 20.4 Å². The smallest absolute Gasteiger partial charge is 0.191 e. The minimum Gasteiger partial charge on any atom is -0.370 e. The molecule has 1 aliphatic rings. The van der Waals surface area contributed by atoms with Crippen molar-refractivity contribution in [3.8, 4) is 0 Å². The van der Waals surface area contributed by atoms with Crippen LogP contribution in [0.1, 0.15) is 26.3 Å². The van der Waals surface area contributed by atoms with E-state index in [0.29, 0.717) is 6.04 Å². The van der Waals surface area contributed by atoms with Crippen molar-refractivity contribution in [2.24, 2.45) is 4.99 Å². The van der Waals surface area contributed by atoms with Crippen molar-refractivity contribution < 1.29 is 0 Å². The molecule has 0 spiro atoms. The minimum atomic E-state index is 0. The Morgan fingerprint density at radius 3 is 2.48 bits per heavy atom. The van der Waals surface area contributed by atoms with Gasteiger partial charge in [0.25, 0.3) is 0 Å². The van der Waals surface area contributed by atoms with Crippen LogP contribution in [0.3, 0.4) is 0 Å². The largest absolute Gasteiger partial charge is 0.370 e. The molecule has 6 nitrogen and oxygen atoms in total. The van der Waals surface area contributed by atoms with Crippen molar-refractivity contribution >= 4 is 35.6 Å². The van der Waals surface area contributed by atoms with Crippen LogP contribution in [0.2, 0.25) is 0 Å². The van der Waals surface area contributed by atoms with Gasteiger partial charge in [0.05, 0.1) is 0 Å². The van der Waals surface area contributed by atoms with Gasteiger partial charge in [-0.2, -0.15) is 0 Å². The number of nitrogens with zero attached hydrogens (tertiary/aromatic N) is 4. The zero-order valence-corrected chi connectivity index (χ0v) is 21.3. The molecule has 2 N–H and O–H groups in total. The topological polar surface area (TPSA) is 46.1 Å². The fourth-order valence-electron chi connectivity index (χ4n) is 3.72. The van der Waals surface area contributed by atoms with Gasteiger partial charge in [-0.1, -0.05) is 19.1 Å². The van der Waals surface area contributed by atoms with Crippen LogP contribution in [-0.2, 0) is 0 Å². The van der Waals surface area contributed by atoms with Crippen LogP contribution >= 0.6 is 24.0 Å². The molecule has 7 heteroatoms. The third kappa shape index (κ3) is 8.68. The van der Waals surface area contributed by atoms with Gasteiger partial charge in [0, 0.05) is 71.1 Å². The molecule has 0 saturated carbocycles. The molecule has 1 aliphatic heterocycles. The summed E-state index contributed by atoms with van der Waals surface area (Å²) >= 11 is 0. The number of aliphatic imine (C=N–C) groups is 1. The van der Waals surface area contributed by atoms with Gasteiger partial charge in [-0.15, -0.1) is 24.0 Å². The Bertz CT molecular complexity index is 601. The number of piperazine rings is 1. The molecular formula is C22H41IN6. The molecule has 1 aromatic rings. The summed E-state index contributed by atoms with van der Waals surface area (Å²) in [5.41, 5.74) is 2.59. The molecule has 2 rings (SSSR count). The highest BCUT2D eigenvalue weighted by Crippen LogP contribution is 2.14. The summed E-state index contributed by atoms with van der Waals surface area (Å²) in [5, 5.41) is 6.96. The highest BCUT2D eigenvalue weighted by atomic mass is 127. The summed E-state index contributed by atoms with van der Waals surface area (Å²) in [4.78, 5) is 11.9. The highest BCUT2D eigenvalue weighted by Gasteiger charge is 2.20. The fraction of sp³-hybridized carbons (Fsp3) is 0.682. The Kier molecular flexibility index (Phi) is 12.6. The number of likely N-dealkylation sites (N-methyl/N-ethyl adjacent to an activating group) is 2. The van der Waals surface area contributed by atoms with E-state index >= 15 is 0 Å². The van der Waals surface area contributed by atoms with Crippen LogP contribution in [-0.4, -0.2) is 87.8 Å². The van der Waals surface area contributed by atoms with Crippen molar-refractivity contribution in [2.45, 2.75) is 33.7 Å². The molecule has 1 aromatic carbocycles. The second kappa shape index (κ2) is 14.0. The van der Waals surface area contributed by atoms with Crippen LogP contribution in [0.15, 0.2) is 29.3 Å². The number of benzene rings is 1. The molecule has 0 aromatic heterocycles. The van der Waals surface area contributed by atoms with Crippen LogP contribution in [0, 0.1) is 6.92 Å². The SMILES string of the molecule is CCN1CCN(C(C)CNC(=NC)NCCN(CC)c2cccc(C)c2)CC1.I. The third-order valence-electron chi connectivity index (χ3n) is 5.69. The number of aryl methyl sites for hydroxylation is 1. The first-order valence-electron chi connectivity index (χ1n) is 10.8. The van der Waals surface area contributed by atoms with Gasteiger partial charge in [0.2, 0.25) is 0 Å². The minimum absolute atomic E-state index is 0. The van der Waals surface area contributed by atoms with E-state index < -0.39 is 0 Å². The lowest BCUT2D eigenvalue weighted by atomic mass is 10.2. The lowest BCUT2D eigenvalue weighted by Gasteiger charge is -2.37. The predicted molar refractivity (Wildman–Crippen MR) is 137 cm³/mol. The normalized spacial score (nSPS) is 16.8. The summed E-state index contributed by atoms with van der Waals surface area (Å²) in [5.74, 6) is 0.888. The zero-order chi connectivity index (χ0) is 20.4. The van der Waals surface area contributed by atoms with Gasteiger partial charge in [0.1, 0.15) is 0 Å². The van der Waals surface area contributed by atoms with Crippen LogP contribution in [0.25, 0.3) is 0 Å². The Hall–Kier alpha value is -1.06. The van der Waals surface area contributed by atoms with Crippen LogP contribution in [0.4, 0.5) is 5.69 Å². The molecule has 1 unspecified atom stereocenters.